The molecule has 0 N–H and O–H groups in total. The van der Waals surface area contributed by atoms with E-state index in [2.05, 4.69) is 51.4 Å². The van der Waals surface area contributed by atoms with Crippen LogP contribution in [-0.4, -0.2) is 32.8 Å². The van der Waals surface area contributed by atoms with Gasteiger partial charge in [0, 0.05) is 18.4 Å². The lowest BCUT2D eigenvalue weighted by molar-refractivity contribution is -0.128. The van der Waals surface area contributed by atoms with Gasteiger partial charge in [-0.2, -0.15) is 0 Å². The molecule has 1 aromatic heterocycles. The van der Waals surface area contributed by atoms with E-state index in [1.807, 2.05) is 6.20 Å². The Morgan fingerprint density at radius 1 is 1.45 bits per heavy atom. The number of benzene rings is 1. The molecule has 20 heavy (non-hydrogen) atoms. The Morgan fingerprint density at radius 3 is 2.85 bits per heavy atom. The number of nitrogens with zero attached hydrogens (tertiary/aromatic N) is 4. The van der Waals surface area contributed by atoms with Crippen molar-refractivity contribution in [3.05, 3.63) is 45.7 Å². The van der Waals surface area contributed by atoms with Crippen LogP contribution in [0.25, 0.3) is 0 Å². The van der Waals surface area contributed by atoms with Crippen LogP contribution in [0.5, 0.6) is 0 Å². The first-order chi connectivity index (χ1) is 9.45. The van der Waals surface area contributed by atoms with E-state index in [0.717, 1.165) is 15.7 Å². The Labute approximate surface area is 126 Å². The van der Waals surface area contributed by atoms with Gasteiger partial charge in [0.25, 0.3) is 0 Å². The first-order valence-corrected chi connectivity index (χ1v) is 7.11. The fraction of sp³-hybridized carbons (Fsp3) is 0.357. The zero-order valence-electron chi connectivity index (χ0n) is 11.8. The van der Waals surface area contributed by atoms with E-state index in [4.69, 9.17) is 0 Å². The molecule has 0 saturated heterocycles. The highest BCUT2D eigenvalue weighted by Gasteiger charge is 2.07. The van der Waals surface area contributed by atoms with Crippen LogP contribution in [0.1, 0.15) is 23.7 Å². The average Bonchev–Trinajstić information content (AvgIpc) is 2.81. The summed E-state index contributed by atoms with van der Waals surface area (Å²) >= 11 is 3.52. The molecule has 0 aliphatic heterocycles. The fourth-order valence-electron chi connectivity index (χ4n) is 1.76. The molecular formula is C14H17BrN4O. The molecule has 106 valence electrons. The van der Waals surface area contributed by atoms with Gasteiger partial charge in [-0.05, 0) is 24.1 Å². The van der Waals surface area contributed by atoms with Crippen molar-refractivity contribution in [3.63, 3.8) is 0 Å². The number of rotatable bonds is 4. The molecule has 0 radical (unpaired) electrons. The van der Waals surface area contributed by atoms with Crippen molar-refractivity contribution in [1.29, 1.82) is 0 Å². The summed E-state index contributed by atoms with van der Waals surface area (Å²) in [5.41, 5.74) is 3.14. The molecule has 1 heterocycles. The monoisotopic (exact) mass is 336 g/mol. The molecular weight excluding hydrogens is 320 g/mol. The van der Waals surface area contributed by atoms with Gasteiger partial charge in [0.1, 0.15) is 5.69 Å². The van der Waals surface area contributed by atoms with Gasteiger partial charge in [-0.1, -0.05) is 33.3 Å². The summed E-state index contributed by atoms with van der Waals surface area (Å²) in [5, 5.41) is 8.17. The molecule has 0 saturated carbocycles. The second-order valence-corrected chi connectivity index (χ2v) is 5.72. The predicted octanol–water partition coefficient (Wildman–Crippen LogP) is 2.38. The standard InChI is InChI=1S/C14H17BrN4O/c1-10-4-5-12(6-14(10)15)7-19-9-13(16-17-19)8-18(3)11(2)20/h4-6,9H,7-8H2,1-3H3. The molecule has 1 amide bonds. The van der Waals surface area contributed by atoms with Crippen molar-refractivity contribution < 1.29 is 4.79 Å². The number of carbonyl (C=O) groups is 1. The van der Waals surface area contributed by atoms with Crippen molar-refractivity contribution in [1.82, 2.24) is 19.9 Å². The minimum absolute atomic E-state index is 0.0158. The highest BCUT2D eigenvalue weighted by molar-refractivity contribution is 9.10. The molecule has 2 aromatic rings. The number of carbonyl (C=O) groups excluding carboxylic acids is 1. The van der Waals surface area contributed by atoms with Crippen molar-refractivity contribution in [3.8, 4) is 0 Å². The minimum Gasteiger partial charge on any atom is -0.340 e. The fourth-order valence-corrected chi connectivity index (χ4v) is 2.19. The summed E-state index contributed by atoms with van der Waals surface area (Å²) in [5.74, 6) is 0.0158. The van der Waals surface area contributed by atoms with Crippen LogP contribution in [0.2, 0.25) is 0 Å². The highest BCUT2D eigenvalue weighted by Crippen LogP contribution is 2.18. The Kier molecular flexibility index (Phi) is 4.54. The normalized spacial score (nSPS) is 10.6. The van der Waals surface area contributed by atoms with Crippen LogP contribution in [0.4, 0.5) is 0 Å². The molecule has 0 spiro atoms. The molecule has 1 aromatic carbocycles. The van der Waals surface area contributed by atoms with E-state index in [-0.39, 0.29) is 5.91 Å². The number of hydrogen-bond donors (Lipinski definition) is 0. The largest absolute Gasteiger partial charge is 0.340 e. The van der Waals surface area contributed by atoms with Crippen LogP contribution in [0.15, 0.2) is 28.9 Å². The van der Waals surface area contributed by atoms with Crippen molar-refractivity contribution in [2.75, 3.05) is 7.05 Å². The van der Waals surface area contributed by atoms with Crippen LogP contribution in [0, 0.1) is 6.92 Å². The first-order valence-electron chi connectivity index (χ1n) is 6.31. The van der Waals surface area contributed by atoms with E-state index >= 15 is 0 Å². The van der Waals surface area contributed by atoms with Crippen LogP contribution in [-0.2, 0) is 17.9 Å². The third kappa shape index (κ3) is 3.66. The van der Waals surface area contributed by atoms with Crippen molar-refractivity contribution >= 4 is 21.8 Å². The summed E-state index contributed by atoms with van der Waals surface area (Å²) in [6.45, 7) is 4.73. The molecule has 5 nitrogen and oxygen atoms in total. The van der Waals surface area contributed by atoms with Gasteiger partial charge in [-0.3, -0.25) is 4.79 Å². The van der Waals surface area contributed by atoms with Gasteiger partial charge >= 0.3 is 0 Å². The number of hydrogen-bond acceptors (Lipinski definition) is 3. The second-order valence-electron chi connectivity index (χ2n) is 4.87. The third-order valence-electron chi connectivity index (χ3n) is 3.10. The Balaban J connectivity index is 2.05. The number of amides is 1. The third-order valence-corrected chi connectivity index (χ3v) is 3.96. The van der Waals surface area contributed by atoms with E-state index in [9.17, 15) is 4.79 Å². The topological polar surface area (TPSA) is 51.0 Å². The van der Waals surface area contributed by atoms with E-state index in [0.29, 0.717) is 13.1 Å². The summed E-state index contributed by atoms with van der Waals surface area (Å²) in [6, 6.07) is 6.22. The van der Waals surface area contributed by atoms with E-state index in [1.54, 1.807) is 16.6 Å². The number of aryl methyl sites for hydroxylation is 1. The van der Waals surface area contributed by atoms with Gasteiger partial charge in [0.2, 0.25) is 5.91 Å². The quantitative estimate of drug-likeness (QED) is 0.861. The summed E-state index contributed by atoms with van der Waals surface area (Å²) in [6.07, 6.45) is 1.87. The SMILES string of the molecule is CC(=O)N(C)Cc1cn(Cc2ccc(C)c(Br)c2)nn1. The smallest absolute Gasteiger partial charge is 0.219 e. The Morgan fingerprint density at radius 2 is 2.20 bits per heavy atom. The Hall–Kier alpha value is -1.69. The summed E-state index contributed by atoms with van der Waals surface area (Å²) in [4.78, 5) is 12.8. The molecule has 0 unspecified atom stereocenters. The Bertz CT molecular complexity index is 623. The van der Waals surface area contributed by atoms with Gasteiger partial charge in [-0.15, -0.1) is 5.10 Å². The van der Waals surface area contributed by atoms with Gasteiger partial charge in [0.05, 0.1) is 19.3 Å². The van der Waals surface area contributed by atoms with Crippen molar-refractivity contribution in [2.24, 2.45) is 0 Å². The maximum Gasteiger partial charge on any atom is 0.219 e. The van der Waals surface area contributed by atoms with Gasteiger partial charge < -0.3 is 4.90 Å². The molecule has 0 atom stereocenters. The lowest BCUT2D eigenvalue weighted by Gasteiger charge is -2.11. The molecule has 0 bridgehead atoms. The lowest BCUT2D eigenvalue weighted by Crippen LogP contribution is -2.23. The summed E-state index contributed by atoms with van der Waals surface area (Å²) in [7, 11) is 1.75. The van der Waals surface area contributed by atoms with Crippen LogP contribution >= 0.6 is 15.9 Å². The maximum atomic E-state index is 11.2. The molecule has 6 heteroatoms. The summed E-state index contributed by atoms with van der Waals surface area (Å²) < 4.78 is 2.87. The van der Waals surface area contributed by atoms with E-state index in [1.165, 1.54) is 12.5 Å². The van der Waals surface area contributed by atoms with Crippen LogP contribution < -0.4 is 0 Å². The van der Waals surface area contributed by atoms with Gasteiger partial charge in [0.15, 0.2) is 0 Å². The van der Waals surface area contributed by atoms with Crippen molar-refractivity contribution in [2.45, 2.75) is 26.9 Å². The van der Waals surface area contributed by atoms with Gasteiger partial charge in [-0.25, -0.2) is 4.68 Å². The average molecular weight is 337 g/mol. The predicted molar refractivity (Wildman–Crippen MR) is 80.2 cm³/mol. The molecule has 0 aliphatic rings. The number of aromatic nitrogens is 3. The lowest BCUT2D eigenvalue weighted by atomic mass is 10.1. The first kappa shape index (κ1) is 14.7. The van der Waals surface area contributed by atoms with E-state index < -0.39 is 0 Å². The number of halogens is 1. The molecule has 2 rings (SSSR count). The molecule has 0 fully saturated rings. The zero-order valence-corrected chi connectivity index (χ0v) is 13.4. The second kappa shape index (κ2) is 6.17. The minimum atomic E-state index is 0.0158. The highest BCUT2D eigenvalue weighted by atomic mass is 79.9. The maximum absolute atomic E-state index is 11.2. The van der Waals surface area contributed by atoms with Crippen LogP contribution in [0.3, 0.4) is 0 Å². The molecule has 0 aliphatic carbocycles. The zero-order chi connectivity index (χ0) is 14.7.